The van der Waals surface area contributed by atoms with E-state index in [1.54, 1.807) is 11.3 Å². The summed E-state index contributed by atoms with van der Waals surface area (Å²) in [5, 5.41) is 3.22. The van der Waals surface area contributed by atoms with E-state index in [9.17, 15) is 0 Å². The van der Waals surface area contributed by atoms with Gasteiger partial charge in [-0.15, -0.1) is 11.3 Å². The van der Waals surface area contributed by atoms with Crippen LogP contribution in [0, 0.1) is 6.92 Å². The first-order chi connectivity index (χ1) is 9.31. The second-order valence-electron chi connectivity index (χ2n) is 5.43. The molecule has 3 rings (SSSR count). The van der Waals surface area contributed by atoms with Crippen LogP contribution in [0.3, 0.4) is 0 Å². The SMILES string of the molecule is Cc1csc([C@@H]2CN(C[C@@H]3CCCCO3)CCO2)n1. The molecule has 0 amide bonds. The standard InChI is InChI=1S/C14H22N2O2S/c1-11-10-19-14(15-11)13-9-16(5-7-18-13)8-12-4-2-3-6-17-12/h10,12-13H,2-9H2,1H3/t12-,13-/m0/s1. The van der Waals surface area contributed by atoms with Gasteiger partial charge >= 0.3 is 0 Å². The van der Waals surface area contributed by atoms with Crippen LogP contribution < -0.4 is 0 Å². The lowest BCUT2D eigenvalue weighted by Crippen LogP contribution is -2.43. The van der Waals surface area contributed by atoms with E-state index in [2.05, 4.69) is 15.3 Å². The zero-order chi connectivity index (χ0) is 13.1. The Balaban J connectivity index is 1.55. The van der Waals surface area contributed by atoms with E-state index < -0.39 is 0 Å². The quantitative estimate of drug-likeness (QED) is 0.852. The Morgan fingerprint density at radius 3 is 3.05 bits per heavy atom. The topological polar surface area (TPSA) is 34.6 Å². The van der Waals surface area contributed by atoms with Gasteiger partial charge in [-0.1, -0.05) is 0 Å². The van der Waals surface area contributed by atoms with Gasteiger partial charge in [-0.05, 0) is 26.2 Å². The van der Waals surface area contributed by atoms with Gasteiger partial charge < -0.3 is 9.47 Å². The molecule has 0 bridgehead atoms. The number of hydrogen-bond donors (Lipinski definition) is 0. The molecule has 2 aliphatic heterocycles. The monoisotopic (exact) mass is 282 g/mol. The molecule has 0 aliphatic carbocycles. The molecule has 2 atom stereocenters. The molecule has 4 nitrogen and oxygen atoms in total. The Labute approximate surface area is 118 Å². The van der Waals surface area contributed by atoms with E-state index in [0.29, 0.717) is 6.10 Å². The number of rotatable bonds is 3. The van der Waals surface area contributed by atoms with Gasteiger partial charge in [-0.25, -0.2) is 4.98 Å². The van der Waals surface area contributed by atoms with Gasteiger partial charge in [0.2, 0.25) is 0 Å². The summed E-state index contributed by atoms with van der Waals surface area (Å²) in [6.45, 7) is 6.79. The predicted octanol–water partition coefficient (Wildman–Crippen LogP) is 2.39. The number of hydrogen-bond acceptors (Lipinski definition) is 5. The summed E-state index contributed by atoms with van der Waals surface area (Å²) in [7, 11) is 0. The smallest absolute Gasteiger partial charge is 0.123 e. The molecule has 5 heteroatoms. The molecule has 0 unspecified atom stereocenters. The van der Waals surface area contributed by atoms with Crippen molar-refractivity contribution in [2.24, 2.45) is 0 Å². The first kappa shape index (κ1) is 13.5. The third-order valence-electron chi connectivity index (χ3n) is 3.80. The van der Waals surface area contributed by atoms with Gasteiger partial charge in [0.25, 0.3) is 0 Å². The van der Waals surface area contributed by atoms with Crippen LogP contribution in [0.2, 0.25) is 0 Å². The zero-order valence-corrected chi connectivity index (χ0v) is 12.3. The van der Waals surface area contributed by atoms with Gasteiger partial charge in [0.05, 0.1) is 12.7 Å². The van der Waals surface area contributed by atoms with Crippen LogP contribution in [-0.2, 0) is 9.47 Å². The van der Waals surface area contributed by atoms with Crippen molar-refractivity contribution in [1.82, 2.24) is 9.88 Å². The lowest BCUT2D eigenvalue weighted by atomic mass is 10.1. The van der Waals surface area contributed by atoms with Gasteiger partial charge in [0.1, 0.15) is 11.1 Å². The largest absolute Gasteiger partial charge is 0.377 e. The lowest BCUT2D eigenvalue weighted by Gasteiger charge is -2.35. The minimum absolute atomic E-state index is 0.149. The normalized spacial score (nSPS) is 29.5. The third-order valence-corrected chi connectivity index (χ3v) is 4.85. The summed E-state index contributed by atoms with van der Waals surface area (Å²) in [5.74, 6) is 0. The fourth-order valence-electron chi connectivity index (χ4n) is 2.78. The maximum Gasteiger partial charge on any atom is 0.123 e. The highest BCUT2D eigenvalue weighted by molar-refractivity contribution is 7.09. The minimum atomic E-state index is 0.149. The summed E-state index contributed by atoms with van der Waals surface area (Å²) in [6, 6.07) is 0. The van der Waals surface area contributed by atoms with E-state index >= 15 is 0 Å². The highest BCUT2D eigenvalue weighted by Gasteiger charge is 2.26. The zero-order valence-electron chi connectivity index (χ0n) is 11.5. The summed E-state index contributed by atoms with van der Waals surface area (Å²) < 4.78 is 11.7. The molecule has 0 aromatic carbocycles. The summed E-state index contributed by atoms with van der Waals surface area (Å²) in [4.78, 5) is 7.02. The highest BCUT2D eigenvalue weighted by Crippen LogP contribution is 2.26. The number of aromatic nitrogens is 1. The van der Waals surface area contributed by atoms with Crippen molar-refractivity contribution in [3.8, 4) is 0 Å². The molecule has 2 aliphatic rings. The summed E-state index contributed by atoms with van der Waals surface area (Å²) >= 11 is 1.71. The average Bonchev–Trinajstić information content (AvgIpc) is 2.87. The second-order valence-corrected chi connectivity index (χ2v) is 6.32. The Morgan fingerprint density at radius 2 is 2.32 bits per heavy atom. The Bertz CT molecular complexity index is 404. The van der Waals surface area contributed by atoms with Gasteiger partial charge in [-0.3, -0.25) is 4.90 Å². The number of morpholine rings is 1. The molecule has 0 N–H and O–H groups in total. The van der Waals surface area contributed by atoms with E-state index in [4.69, 9.17) is 9.47 Å². The average molecular weight is 282 g/mol. The molecule has 1 aromatic rings. The maximum atomic E-state index is 5.86. The van der Waals surface area contributed by atoms with E-state index in [-0.39, 0.29) is 6.10 Å². The van der Waals surface area contributed by atoms with Crippen molar-refractivity contribution >= 4 is 11.3 Å². The summed E-state index contributed by atoms with van der Waals surface area (Å²) in [6.07, 6.45) is 4.31. The first-order valence-corrected chi connectivity index (χ1v) is 8.07. The van der Waals surface area contributed by atoms with E-state index in [0.717, 1.165) is 43.5 Å². The molecular formula is C14H22N2O2S. The predicted molar refractivity (Wildman–Crippen MR) is 75.6 cm³/mol. The van der Waals surface area contributed by atoms with Crippen molar-refractivity contribution in [3.05, 3.63) is 16.1 Å². The van der Waals surface area contributed by atoms with Crippen molar-refractivity contribution in [2.75, 3.05) is 32.8 Å². The van der Waals surface area contributed by atoms with Crippen molar-refractivity contribution < 1.29 is 9.47 Å². The van der Waals surface area contributed by atoms with Gasteiger partial charge in [0, 0.05) is 37.3 Å². The molecular weight excluding hydrogens is 260 g/mol. The first-order valence-electron chi connectivity index (χ1n) is 7.19. The number of ether oxygens (including phenoxy) is 2. The lowest BCUT2D eigenvalue weighted by molar-refractivity contribution is -0.0611. The van der Waals surface area contributed by atoms with Crippen LogP contribution in [0.4, 0.5) is 0 Å². The van der Waals surface area contributed by atoms with Crippen molar-refractivity contribution in [3.63, 3.8) is 0 Å². The fourth-order valence-corrected chi connectivity index (χ4v) is 3.61. The Morgan fingerprint density at radius 1 is 1.37 bits per heavy atom. The Kier molecular flexibility index (Phi) is 4.48. The summed E-state index contributed by atoms with van der Waals surface area (Å²) in [5.41, 5.74) is 1.09. The molecule has 19 heavy (non-hydrogen) atoms. The van der Waals surface area contributed by atoms with Gasteiger partial charge in [-0.2, -0.15) is 0 Å². The van der Waals surface area contributed by atoms with Crippen molar-refractivity contribution in [1.29, 1.82) is 0 Å². The van der Waals surface area contributed by atoms with Crippen LogP contribution in [-0.4, -0.2) is 48.8 Å². The van der Waals surface area contributed by atoms with Crippen LogP contribution in [0.25, 0.3) is 0 Å². The molecule has 0 radical (unpaired) electrons. The van der Waals surface area contributed by atoms with E-state index in [1.165, 1.54) is 19.3 Å². The van der Waals surface area contributed by atoms with Crippen molar-refractivity contribution in [2.45, 2.75) is 38.4 Å². The van der Waals surface area contributed by atoms with Crippen LogP contribution in [0.15, 0.2) is 5.38 Å². The third kappa shape index (κ3) is 3.54. The molecule has 3 heterocycles. The second kappa shape index (κ2) is 6.31. The number of nitrogens with zero attached hydrogens (tertiary/aromatic N) is 2. The van der Waals surface area contributed by atoms with Crippen LogP contribution in [0.1, 0.15) is 36.1 Å². The molecule has 2 fully saturated rings. The molecule has 2 saturated heterocycles. The Hall–Kier alpha value is -0.490. The van der Waals surface area contributed by atoms with Crippen LogP contribution in [0.5, 0.6) is 0 Å². The van der Waals surface area contributed by atoms with E-state index in [1.807, 2.05) is 6.92 Å². The highest BCUT2D eigenvalue weighted by atomic mass is 32.1. The van der Waals surface area contributed by atoms with Crippen LogP contribution >= 0.6 is 11.3 Å². The molecule has 1 aromatic heterocycles. The molecule has 0 spiro atoms. The molecule has 106 valence electrons. The number of thiazole rings is 1. The van der Waals surface area contributed by atoms with Gasteiger partial charge in [0.15, 0.2) is 0 Å². The maximum absolute atomic E-state index is 5.86. The molecule has 0 saturated carbocycles. The fraction of sp³-hybridized carbons (Fsp3) is 0.786. The number of aryl methyl sites for hydroxylation is 1. The minimum Gasteiger partial charge on any atom is -0.377 e.